The van der Waals surface area contributed by atoms with E-state index in [-0.39, 0.29) is 33.6 Å². The Balaban J connectivity index is 1.90. The Morgan fingerprint density at radius 2 is 1.63 bits per heavy atom. The maximum atomic E-state index is 14.1. The van der Waals surface area contributed by atoms with Crippen LogP contribution in [0.2, 0.25) is 10.0 Å². The highest BCUT2D eigenvalue weighted by atomic mass is 35.5. The van der Waals surface area contributed by atoms with E-state index in [1.807, 2.05) is 0 Å². The number of carbonyl (C=O) groups is 3. The lowest BCUT2D eigenvalue weighted by atomic mass is 10.00. The van der Waals surface area contributed by atoms with Gasteiger partial charge in [0.15, 0.2) is 5.75 Å². The molecule has 0 bridgehead atoms. The summed E-state index contributed by atoms with van der Waals surface area (Å²) < 4.78 is 55.6. The zero-order valence-electron chi connectivity index (χ0n) is 20.0. The van der Waals surface area contributed by atoms with E-state index in [1.165, 1.54) is 19.1 Å². The fourth-order valence-electron chi connectivity index (χ4n) is 3.70. The summed E-state index contributed by atoms with van der Waals surface area (Å²) in [5, 5.41) is 16.6. The SMILES string of the molecule is CC[C@H](NC(=O)[C@H](Cc1cc(Cl)c(O)c(Cl)c1)N[C@@H](c1ccc(F)cc1)C(F)(F)F)C(=O)C(=O)NC1CC1. The van der Waals surface area contributed by atoms with Crippen LogP contribution in [-0.2, 0) is 20.8 Å². The first kappa shape index (κ1) is 29.7. The van der Waals surface area contributed by atoms with Crippen molar-refractivity contribution in [3.05, 3.63) is 63.4 Å². The van der Waals surface area contributed by atoms with E-state index in [4.69, 9.17) is 23.2 Å². The molecule has 0 heterocycles. The first-order valence-electron chi connectivity index (χ1n) is 11.7. The zero-order valence-corrected chi connectivity index (χ0v) is 21.6. The molecule has 0 radical (unpaired) electrons. The van der Waals surface area contributed by atoms with Gasteiger partial charge in [-0.3, -0.25) is 19.7 Å². The first-order valence-corrected chi connectivity index (χ1v) is 12.5. The highest BCUT2D eigenvalue weighted by Crippen LogP contribution is 2.35. The normalized spacial score (nSPS) is 15.9. The van der Waals surface area contributed by atoms with Gasteiger partial charge in [0.25, 0.3) is 5.91 Å². The second kappa shape index (κ2) is 12.3. The third-order valence-electron chi connectivity index (χ3n) is 5.91. The van der Waals surface area contributed by atoms with E-state index in [1.54, 1.807) is 0 Å². The van der Waals surface area contributed by atoms with Gasteiger partial charge in [-0.15, -0.1) is 0 Å². The highest BCUT2D eigenvalue weighted by Gasteiger charge is 2.43. The fourth-order valence-corrected chi connectivity index (χ4v) is 4.23. The molecule has 2 aromatic rings. The number of phenols is 1. The molecule has 1 saturated carbocycles. The molecule has 3 atom stereocenters. The lowest BCUT2D eigenvalue weighted by Crippen LogP contribution is -2.55. The van der Waals surface area contributed by atoms with Crippen LogP contribution in [0.15, 0.2) is 36.4 Å². The van der Waals surface area contributed by atoms with Crippen LogP contribution in [0.3, 0.4) is 0 Å². The van der Waals surface area contributed by atoms with Crippen LogP contribution < -0.4 is 16.0 Å². The Bertz CT molecular complexity index is 1170. The number of hydrogen-bond acceptors (Lipinski definition) is 5. The average Bonchev–Trinajstić information content (AvgIpc) is 3.66. The van der Waals surface area contributed by atoms with Gasteiger partial charge in [-0.1, -0.05) is 42.3 Å². The summed E-state index contributed by atoms with van der Waals surface area (Å²) in [7, 11) is 0. The monoisotopic (exact) mass is 577 g/mol. The topological polar surface area (TPSA) is 108 Å². The number of nitrogens with one attached hydrogen (secondary N) is 3. The fraction of sp³-hybridized carbons (Fsp3) is 0.400. The number of hydrogen-bond donors (Lipinski definition) is 4. The molecule has 0 unspecified atom stereocenters. The Labute approximate surface area is 225 Å². The van der Waals surface area contributed by atoms with Crippen LogP contribution in [0.1, 0.15) is 43.4 Å². The number of ketones is 1. The van der Waals surface area contributed by atoms with E-state index in [0.29, 0.717) is 0 Å². The van der Waals surface area contributed by atoms with Crippen LogP contribution in [0.25, 0.3) is 0 Å². The molecule has 0 aromatic heterocycles. The van der Waals surface area contributed by atoms with Gasteiger partial charge in [-0.05, 0) is 61.1 Å². The summed E-state index contributed by atoms with van der Waals surface area (Å²) in [6.07, 6.45) is -3.82. The minimum absolute atomic E-state index is 0.00685. The number of carbonyl (C=O) groups excluding carboxylic acids is 3. The third-order valence-corrected chi connectivity index (χ3v) is 6.49. The molecule has 1 aliphatic carbocycles. The van der Waals surface area contributed by atoms with Crippen molar-refractivity contribution in [2.24, 2.45) is 0 Å². The van der Waals surface area contributed by atoms with Gasteiger partial charge in [0, 0.05) is 6.04 Å². The molecule has 3 rings (SSSR count). The lowest BCUT2D eigenvalue weighted by molar-refractivity contribution is -0.161. The predicted molar refractivity (Wildman–Crippen MR) is 132 cm³/mol. The number of benzene rings is 2. The van der Waals surface area contributed by atoms with E-state index in [9.17, 15) is 37.1 Å². The van der Waals surface area contributed by atoms with Crippen LogP contribution in [0.4, 0.5) is 17.6 Å². The van der Waals surface area contributed by atoms with Gasteiger partial charge in [0.05, 0.1) is 22.1 Å². The third kappa shape index (κ3) is 7.81. The molecule has 2 amide bonds. The molecular weight excluding hydrogens is 553 g/mol. The molecule has 4 N–H and O–H groups in total. The number of Topliss-reactive ketones (excluding diaryl/α,β-unsaturated/α-hetero) is 1. The van der Waals surface area contributed by atoms with Gasteiger partial charge in [-0.2, -0.15) is 13.2 Å². The van der Waals surface area contributed by atoms with Gasteiger partial charge < -0.3 is 15.7 Å². The maximum absolute atomic E-state index is 14.1. The molecular formula is C25H25Cl2F4N3O4. The molecule has 206 valence electrons. The maximum Gasteiger partial charge on any atom is 0.407 e. The predicted octanol–water partition coefficient (Wildman–Crippen LogP) is 4.38. The quantitative estimate of drug-likeness (QED) is 0.234. The van der Waals surface area contributed by atoms with Crippen LogP contribution >= 0.6 is 23.2 Å². The molecule has 1 aliphatic rings. The van der Waals surface area contributed by atoms with Crippen LogP contribution in [0.5, 0.6) is 5.75 Å². The number of phenolic OH excluding ortho intramolecular Hbond substituents is 1. The second-order valence-corrected chi connectivity index (χ2v) is 9.75. The van der Waals surface area contributed by atoms with E-state index in [2.05, 4.69) is 16.0 Å². The summed E-state index contributed by atoms with van der Waals surface area (Å²) in [5.41, 5.74) is -0.151. The molecule has 2 aromatic carbocycles. The molecule has 0 saturated heterocycles. The number of aromatic hydroxyl groups is 1. The van der Waals surface area contributed by atoms with Gasteiger partial charge >= 0.3 is 6.18 Å². The molecule has 1 fully saturated rings. The smallest absolute Gasteiger partial charge is 0.407 e. The molecule has 38 heavy (non-hydrogen) atoms. The Morgan fingerprint density at radius 3 is 2.13 bits per heavy atom. The van der Waals surface area contributed by atoms with Crippen molar-refractivity contribution in [2.75, 3.05) is 0 Å². The minimum atomic E-state index is -4.90. The van der Waals surface area contributed by atoms with Crippen molar-refractivity contribution >= 4 is 40.8 Å². The van der Waals surface area contributed by atoms with Crippen molar-refractivity contribution in [3.8, 4) is 5.75 Å². The molecule has 0 aliphatic heterocycles. The Hall–Kier alpha value is -2.89. The minimum Gasteiger partial charge on any atom is -0.505 e. The van der Waals surface area contributed by atoms with Gasteiger partial charge in [0.2, 0.25) is 11.7 Å². The number of rotatable bonds is 11. The van der Waals surface area contributed by atoms with Crippen molar-refractivity contribution in [3.63, 3.8) is 0 Å². The number of halogens is 6. The van der Waals surface area contributed by atoms with E-state index >= 15 is 0 Å². The van der Waals surface area contributed by atoms with Crippen LogP contribution in [0, 0.1) is 5.82 Å². The number of alkyl halides is 3. The summed E-state index contributed by atoms with van der Waals surface area (Å²) in [6.45, 7) is 1.53. The van der Waals surface area contributed by atoms with Crippen molar-refractivity contribution in [2.45, 2.75) is 63.0 Å². The Kier molecular flexibility index (Phi) is 9.61. The van der Waals surface area contributed by atoms with Crippen molar-refractivity contribution in [1.82, 2.24) is 16.0 Å². The first-order chi connectivity index (χ1) is 17.8. The summed E-state index contributed by atoms with van der Waals surface area (Å²) in [5.74, 6) is -4.00. The number of amides is 2. The average molecular weight is 578 g/mol. The highest BCUT2D eigenvalue weighted by molar-refractivity contribution is 6.38. The molecule has 13 heteroatoms. The summed E-state index contributed by atoms with van der Waals surface area (Å²) in [4.78, 5) is 38.1. The standard InChI is InChI=1S/C25H25Cl2F4N3O4/c1-2-18(21(36)24(38)32-15-7-8-15)34-23(37)19(11-12-9-16(26)20(35)17(27)10-12)33-22(25(29,30)31)13-3-5-14(28)6-4-13/h3-6,9-10,15,18-19,22,33,35H,2,7-8,11H2,1H3,(H,32,38)(H,34,37)/t18-,19-,22-/m0/s1. The van der Waals surface area contributed by atoms with E-state index < -0.39 is 59.9 Å². The van der Waals surface area contributed by atoms with Gasteiger partial charge in [0.1, 0.15) is 11.9 Å². The second-order valence-electron chi connectivity index (χ2n) is 8.94. The lowest BCUT2D eigenvalue weighted by Gasteiger charge is -2.28. The van der Waals surface area contributed by atoms with Gasteiger partial charge in [-0.25, -0.2) is 4.39 Å². The summed E-state index contributed by atoms with van der Waals surface area (Å²) in [6, 6.07) is 0.646. The molecule has 0 spiro atoms. The summed E-state index contributed by atoms with van der Waals surface area (Å²) >= 11 is 11.9. The van der Waals surface area contributed by atoms with Crippen LogP contribution in [-0.4, -0.2) is 47.0 Å². The van der Waals surface area contributed by atoms with Crippen molar-refractivity contribution in [1.29, 1.82) is 0 Å². The van der Waals surface area contributed by atoms with E-state index in [0.717, 1.165) is 37.1 Å². The zero-order chi connectivity index (χ0) is 28.2. The van der Waals surface area contributed by atoms with Crippen molar-refractivity contribution < 1.29 is 37.1 Å². The molecule has 7 nitrogen and oxygen atoms in total. The Morgan fingerprint density at radius 1 is 1.05 bits per heavy atom. The largest absolute Gasteiger partial charge is 0.505 e.